The van der Waals surface area contributed by atoms with Gasteiger partial charge in [0.05, 0.1) is 11.6 Å². The number of benzene rings is 2. The van der Waals surface area contributed by atoms with Crippen molar-refractivity contribution < 1.29 is 9.53 Å². The molecule has 4 nitrogen and oxygen atoms in total. The van der Waals surface area contributed by atoms with E-state index in [-0.39, 0.29) is 11.9 Å². The van der Waals surface area contributed by atoms with Crippen LogP contribution in [0.4, 0.5) is 0 Å². The van der Waals surface area contributed by atoms with Crippen molar-refractivity contribution in [1.82, 2.24) is 9.88 Å². The number of rotatable bonds is 7. The van der Waals surface area contributed by atoms with Crippen molar-refractivity contribution in [3.05, 3.63) is 82.0 Å². The van der Waals surface area contributed by atoms with Gasteiger partial charge in [0.1, 0.15) is 10.6 Å². The molecule has 0 atom stereocenters. The lowest BCUT2D eigenvalue weighted by molar-refractivity contribution is 0.0596. The van der Waals surface area contributed by atoms with E-state index in [1.165, 1.54) is 11.3 Å². The second kappa shape index (κ2) is 11.2. The maximum absolute atomic E-state index is 14.2. The fourth-order valence-electron chi connectivity index (χ4n) is 5.20. The molecule has 0 spiro atoms. The van der Waals surface area contributed by atoms with E-state index in [0.29, 0.717) is 29.0 Å². The summed E-state index contributed by atoms with van der Waals surface area (Å²) < 4.78 is 7.07. The number of pyridine rings is 1. The lowest BCUT2D eigenvalue weighted by Gasteiger charge is -2.36. The van der Waals surface area contributed by atoms with Crippen molar-refractivity contribution in [2.75, 3.05) is 6.61 Å². The molecule has 1 fully saturated rings. The SMILES string of the molecule is CCOc1ccc(-c2ccc(C)nc2)cc1CN(C(=O)c1sc2ccccc2c1Cl)C1CCC(C)CC1. The molecule has 0 unspecified atom stereocenters. The molecule has 37 heavy (non-hydrogen) atoms. The number of nitrogens with zero attached hydrogens (tertiary/aromatic N) is 2. The summed E-state index contributed by atoms with van der Waals surface area (Å²) in [5.74, 6) is 1.52. The standard InChI is InChI=1S/C31H33ClN2O2S/c1-4-36-27-16-13-22(23-12-11-21(3)33-18-23)17-24(27)19-34(25-14-9-20(2)10-15-25)31(35)30-29(32)26-7-5-6-8-28(26)37-30/h5-8,11-13,16-18,20,25H,4,9-10,14-15,19H2,1-3H3. The first kappa shape index (κ1) is 25.7. The summed E-state index contributed by atoms with van der Waals surface area (Å²) >= 11 is 8.28. The molecule has 0 radical (unpaired) electrons. The van der Waals surface area contributed by atoms with E-state index in [1.54, 1.807) is 0 Å². The number of carbonyl (C=O) groups excluding carboxylic acids is 1. The summed E-state index contributed by atoms with van der Waals surface area (Å²) in [6, 6.07) is 18.5. The van der Waals surface area contributed by atoms with Crippen molar-refractivity contribution >= 4 is 38.9 Å². The summed E-state index contributed by atoms with van der Waals surface area (Å²) in [6.07, 6.45) is 6.16. The van der Waals surface area contributed by atoms with Gasteiger partial charge in [-0.15, -0.1) is 11.3 Å². The van der Waals surface area contributed by atoms with Crippen LogP contribution in [0.3, 0.4) is 0 Å². The number of aromatic nitrogens is 1. The molecule has 0 aliphatic heterocycles. The van der Waals surface area contributed by atoms with Crippen LogP contribution in [0.15, 0.2) is 60.8 Å². The number of amides is 1. The molecular formula is C31H33ClN2O2S. The van der Waals surface area contributed by atoms with E-state index in [1.807, 2.05) is 56.4 Å². The van der Waals surface area contributed by atoms with Crippen molar-refractivity contribution in [2.45, 2.75) is 59.0 Å². The Kier molecular flexibility index (Phi) is 7.82. The van der Waals surface area contributed by atoms with Crippen LogP contribution in [0.25, 0.3) is 21.2 Å². The second-order valence-electron chi connectivity index (χ2n) is 10.0. The van der Waals surface area contributed by atoms with Gasteiger partial charge in [-0.05, 0) is 75.3 Å². The lowest BCUT2D eigenvalue weighted by atomic mass is 9.86. The minimum atomic E-state index is 0.00982. The van der Waals surface area contributed by atoms with Gasteiger partial charge in [-0.25, -0.2) is 0 Å². The number of ether oxygens (including phenoxy) is 1. The van der Waals surface area contributed by atoms with Crippen LogP contribution < -0.4 is 4.74 Å². The molecule has 2 heterocycles. The van der Waals surface area contributed by atoms with Gasteiger partial charge < -0.3 is 9.64 Å². The van der Waals surface area contributed by atoms with Crippen molar-refractivity contribution in [1.29, 1.82) is 0 Å². The van der Waals surface area contributed by atoms with Crippen LogP contribution in [0.2, 0.25) is 5.02 Å². The lowest BCUT2D eigenvalue weighted by Crippen LogP contribution is -2.41. The molecule has 2 aromatic carbocycles. The molecular weight excluding hydrogens is 500 g/mol. The third-order valence-corrected chi connectivity index (χ3v) is 9.03. The largest absolute Gasteiger partial charge is 0.494 e. The van der Waals surface area contributed by atoms with Crippen molar-refractivity contribution in [3.8, 4) is 16.9 Å². The Morgan fingerprint density at radius 3 is 2.54 bits per heavy atom. The third-order valence-electron chi connectivity index (χ3n) is 7.36. The van der Waals surface area contributed by atoms with Crippen LogP contribution in [-0.2, 0) is 6.54 Å². The number of carbonyl (C=O) groups is 1. The van der Waals surface area contributed by atoms with Gasteiger partial charge in [0.2, 0.25) is 0 Å². The van der Waals surface area contributed by atoms with Gasteiger partial charge in [-0.3, -0.25) is 9.78 Å². The zero-order valence-electron chi connectivity index (χ0n) is 21.7. The summed E-state index contributed by atoms with van der Waals surface area (Å²) in [5.41, 5.74) is 4.10. The molecule has 1 aliphatic carbocycles. The average Bonchev–Trinajstić information content (AvgIpc) is 3.25. The zero-order chi connectivity index (χ0) is 25.9. The summed E-state index contributed by atoms with van der Waals surface area (Å²) in [5, 5.41) is 1.50. The minimum absolute atomic E-state index is 0.00982. The Morgan fingerprint density at radius 2 is 1.84 bits per heavy atom. The smallest absolute Gasteiger partial charge is 0.266 e. The Morgan fingerprint density at radius 1 is 1.08 bits per heavy atom. The van der Waals surface area contributed by atoms with Crippen LogP contribution in [-0.4, -0.2) is 28.4 Å². The summed E-state index contributed by atoms with van der Waals surface area (Å²) in [4.78, 5) is 21.3. The highest BCUT2D eigenvalue weighted by Crippen LogP contribution is 2.38. The van der Waals surface area contributed by atoms with Crippen LogP contribution in [0.1, 0.15) is 60.5 Å². The Bertz CT molecular complexity index is 1390. The second-order valence-corrected chi connectivity index (χ2v) is 11.5. The average molecular weight is 533 g/mol. The van der Waals surface area contributed by atoms with E-state index >= 15 is 0 Å². The number of hydrogen-bond acceptors (Lipinski definition) is 4. The van der Waals surface area contributed by atoms with Gasteiger partial charge in [-0.2, -0.15) is 0 Å². The maximum atomic E-state index is 14.2. The zero-order valence-corrected chi connectivity index (χ0v) is 23.2. The fourth-order valence-corrected chi connectivity index (χ4v) is 6.67. The minimum Gasteiger partial charge on any atom is -0.494 e. The summed E-state index contributed by atoms with van der Waals surface area (Å²) in [6.45, 7) is 7.32. The Labute approximate surface area is 228 Å². The molecule has 5 rings (SSSR count). The highest BCUT2D eigenvalue weighted by Gasteiger charge is 2.31. The van der Waals surface area contributed by atoms with Gasteiger partial charge in [0, 0.05) is 45.7 Å². The molecule has 4 aromatic rings. The fraction of sp³-hybridized carbons (Fsp3) is 0.355. The highest BCUT2D eigenvalue weighted by molar-refractivity contribution is 7.21. The molecule has 0 N–H and O–H groups in total. The highest BCUT2D eigenvalue weighted by atomic mass is 35.5. The molecule has 6 heteroatoms. The molecule has 2 aromatic heterocycles. The quantitative estimate of drug-likeness (QED) is 0.239. The van der Waals surface area contributed by atoms with E-state index in [0.717, 1.165) is 63.9 Å². The normalized spacial score (nSPS) is 17.6. The van der Waals surface area contributed by atoms with E-state index in [2.05, 4.69) is 35.0 Å². The monoisotopic (exact) mass is 532 g/mol. The number of halogens is 1. The molecule has 1 saturated carbocycles. The number of fused-ring (bicyclic) bond motifs is 1. The summed E-state index contributed by atoms with van der Waals surface area (Å²) in [7, 11) is 0. The third kappa shape index (κ3) is 5.53. The number of aryl methyl sites for hydroxylation is 1. The van der Waals surface area contributed by atoms with Crippen molar-refractivity contribution in [3.63, 3.8) is 0 Å². The number of thiophene rings is 1. The van der Waals surface area contributed by atoms with Crippen LogP contribution in [0.5, 0.6) is 5.75 Å². The molecule has 1 amide bonds. The first-order chi connectivity index (χ1) is 17.9. The van der Waals surface area contributed by atoms with Gasteiger partial charge in [-0.1, -0.05) is 48.9 Å². The predicted molar refractivity (Wildman–Crippen MR) is 154 cm³/mol. The molecule has 192 valence electrons. The van der Waals surface area contributed by atoms with Gasteiger partial charge in [0.15, 0.2) is 0 Å². The van der Waals surface area contributed by atoms with E-state index in [9.17, 15) is 4.79 Å². The van der Waals surface area contributed by atoms with Gasteiger partial charge in [0.25, 0.3) is 5.91 Å². The van der Waals surface area contributed by atoms with Crippen LogP contribution in [0, 0.1) is 12.8 Å². The molecule has 0 saturated heterocycles. The Balaban J connectivity index is 1.54. The molecule has 0 bridgehead atoms. The first-order valence-electron chi connectivity index (χ1n) is 13.1. The topological polar surface area (TPSA) is 42.4 Å². The number of hydrogen-bond donors (Lipinski definition) is 0. The molecule has 1 aliphatic rings. The van der Waals surface area contributed by atoms with E-state index < -0.39 is 0 Å². The van der Waals surface area contributed by atoms with Crippen LogP contribution >= 0.6 is 22.9 Å². The van der Waals surface area contributed by atoms with Crippen molar-refractivity contribution in [2.24, 2.45) is 5.92 Å². The first-order valence-corrected chi connectivity index (χ1v) is 14.3. The van der Waals surface area contributed by atoms with Gasteiger partial charge >= 0.3 is 0 Å². The predicted octanol–water partition coefficient (Wildman–Crippen LogP) is 8.54. The Hall–Kier alpha value is -2.89. The van der Waals surface area contributed by atoms with E-state index in [4.69, 9.17) is 16.3 Å². The maximum Gasteiger partial charge on any atom is 0.266 e.